The van der Waals surface area contributed by atoms with Gasteiger partial charge in [0.2, 0.25) is 0 Å². The van der Waals surface area contributed by atoms with Crippen LogP contribution in [0.25, 0.3) is 0 Å². The van der Waals surface area contributed by atoms with Gasteiger partial charge in [-0.1, -0.05) is 38.1 Å². The van der Waals surface area contributed by atoms with Crippen LogP contribution in [0.15, 0.2) is 48.5 Å². The normalized spacial score (nSPS) is 13.4. The lowest BCUT2D eigenvalue weighted by Gasteiger charge is -2.16. The quantitative estimate of drug-likeness (QED) is 0.600. The average molecular weight is 425 g/mol. The van der Waals surface area contributed by atoms with Crippen molar-refractivity contribution in [1.29, 1.82) is 0 Å². The minimum Gasteiger partial charge on any atom is -0.491 e. The molecule has 2 atom stereocenters. The Morgan fingerprint density at radius 1 is 1.13 bits per heavy atom. The van der Waals surface area contributed by atoms with Gasteiger partial charge in [0.25, 0.3) is 5.91 Å². The predicted molar refractivity (Wildman–Crippen MR) is 107 cm³/mol. The molecule has 1 amide bonds. The summed E-state index contributed by atoms with van der Waals surface area (Å²) in [6.45, 7) is 3.54. The fraction of sp³-hybridized carbons (Fsp3) is 0.409. The number of carbonyl (C=O) groups is 1. The molecule has 0 aliphatic heterocycles. The number of ether oxygens (including phenoxy) is 2. The van der Waals surface area contributed by atoms with Crippen molar-refractivity contribution in [1.82, 2.24) is 5.32 Å². The maximum atomic E-state index is 12.7. The van der Waals surface area contributed by atoms with E-state index in [9.17, 15) is 23.1 Å². The Hall–Kier alpha value is -2.74. The van der Waals surface area contributed by atoms with Crippen LogP contribution in [0, 0.1) is 0 Å². The molecule has 0 radical (unpaired) electrons. The first-order chi connectivity index (χ1) is 14.2. The summed E-state index contributed by atoms with van der Waals surface area (Å²) in [7, 11) is 0. The van der Waals surface area contributed by atoms with Crippen LogP contribution in [0.2, 0.25) is 0 Å². The Bertz CT molecular complexity index is 826. The molecular formula is C22H26F3NO4. The van der Waals surface area contributed by atoms with Gasteiger partial charge < -0.3 is 19.9 Å². The van der Waals surface area contributed by atoms with E-state index in [4.69, 9.17) is 9.47 Å². The molecule has 2 aromatic carbocycles. The summed E-state index contributed by atoms with van der Waals surface area (Å²) in [4.78, 5) is 12.0. The van der Waals surface area contributed by atoms with Crippen molar-refractivity contribution < 1.29 is 32.5 Å². The number of benzene rings is 2. The number of carbonyl (C=O) groups excluding carboxylic acids is 1. The zero-order chi connectivity index (χ0) is 22.1. The second-order valence-corrected chi connectivity index (χ2v) is 6.93. The van der Waals surface area contributed by atoms with Gasteiger partial charge in [0.15, 0.2) is 6.61 Å². The highest BCUT2D eigenvalue weighted by molar-refractivity contribution is 5.77. The van der Waals surface area contributed by atoms with Crippen LogP contribution in [0.1, 0.15) is 37.3 Å². The maximum absolute atomic E-state index is 12.7. The van der Waals surface area contributed by atoms with E-state index >= 15 is 0 Å². The molecule has 0 aliphatic rings. The summed E-state index contributed by atoms with van der Waals surface area (Å²) >= 11 is 0. The minimum absolute atomic E-state index is 0.0137. The molecule has 0 fully saturated rings. The molecule has 5 nitrogen and oxygen atoms in total. The molecule has 0 heterocycles. The van der Waals surface area contributed by atoms with E-state index in [1.165, 1.54) is 12.1 Å². The second-order valence-electron chi connectivity index (χ2n) is 6.93. The summed E-state index contributed by atoms with van der Waals surface area (Å²) in [5, 5.41) is 12.4. The number of aliphatic hydroxyl groups excluding tert-OH is 1. The highest BCUT2D eigenvalue weighted by Gasteiger charge is 2.30. The van der Waals surface area contributed by atoms with Crippen LogP contribution >= 0.6 is 0 Å². The van der Waals surface area contributed by atoms with E-state index < -0.39 is 23.8 Å². The highest BCUT2D eigenvalue weighted by atomic mass is 19.4. The average Bonchev–Trinajstić information content (AvgIpc) is 2.74. The number of nitrogens with one attached hydrogen (secondary N) is 1. The van der Waals surface area contributed by atoms with Gasteiger partial charge in [0.1, 0.15) is 24.2 Å². The molecule has 0 aliphatic carbocycles. The molecule has 164 valence electrons. The molecule has 30 heavy (non-hydrogen) atoms. The van der Waals surface area contributed by atoms with Crippen molar-refractivity contribution in [3.63, 3.8) is 0 Å². The van der Waals surface area contributed by atoms with Gasteiger partial charge in [0, 0.05) is 6.54 Å². The molecule has 0 spiro atoms. The molecule has 0 aromatic heterocycles. The first-order valence-electron chi connectivity index (χ1n) is 9.67. The summed E-state index contributed by atoms with van der Waals surface area (Å²) in [6, 6.07) is 11.9. The number of para-hydroxylation sites is 1. The van der Waals surface area contributed by atoms with Gasteiger partial charge in [-0.3, -0.25) is 4.79 Å². The third-order valence-electron chi connectivity index (χ3n) is 4.56. The Balaban J connectivity index is 1.76. The van der Waals surface area contributed by atoms with Gasteiger partial charge in [-0.05, 0) is 42.2 Å². The number of aliphatic hydroxyl groups is 1. The first kappa shape index (κ1) is 23.5. The molecule has 0 saturated carbocycles. The third kappa shape index (κ3) is 7.26. The fourth-order valence-electron chi connectivity index (χ4n) is 2.68. The van der Waals surface area contributed by atoms with Gasteiger partial charge in [-0.2, -0.15) is 13.2 Å². The number of hydrogen-bond donors (Lipinski definition) is 2. The first-order valence-corrected chi connectivity index (χ1v) is 9.67. The number of rotatable bonds is 10. The largest absolute Gasteiger partial charge is 0.491 e. The highest BCUT2D eigenvalue weighted by Crippen LogP contribution is 2.31. The number of alkyl halides is 3. The summed E-state index contributed by atoms with van der Waals surface area (Å²) in [5.74, 6) is 0.488. The van der Waals surface area contributed by atoms with Crippen LogP contribution < -0.4 is 14.8 Å². The van der Waals surface area contributed by atoms with Gasteiger partial charge in [-0.25, -0.2) is 0 Å². The standard InChI is InChI=1S/C22H26F3NO4/c1-3-15(2)19-9-4-5-10-20(19)30-14-21(28)26-12-17(27)13-29-18-8-6-7-16(11-18)22(23,24)25/h4-11,15,17,27H,3,12-14H2,1-2H3,(H,26,28). The zero-order valence-corrected chi connectivity index (χ0v) is 16.9. The summed E-state index contributed by atoms with van der Waals surface area (Å²) in [6.07, 6.45) is -4.62. The molecule has 8 heteroatoms. The molecule has 2 N–H and O–H groups in total. The number of amides is 1. The molecule has 0 saturated heterocycles. The van der Waals surface area contributed by atoms with Gasteiger partial charge in [-0.15, -0.1) is 0 Å². The van der Waals surface area contributed by atoms with Gasteiger partial charge >= 0.3 is 6.18 Å². The molecule has 2 rings (SSSR count). The molecular weight excluding hydrogens is 399 g/mol. The van der Waals surface area contributed by atoms with Crippen LogP contribution in [0.4, 0.5) is 13.2 Å². The van der Waals surface area contributed by atoms with Crippen LogP contribution in [0.5, 0.6) is 11.5 Å². The topological polar surface area (TPSA) is 67.8 Å². The van der Waals surface area contributed by atoms with Gasteiger partial charge in [0.05, 0.1) is 5.56 Å². The fourth-order valence-corrected chi connectivity index (χ4v) is 2.68. The van der Waals surface area contributed by atoms with E-state index in [0.717, 1.165) is 24.1 Å². The van der Waals surface area contributed by atoms with Crippen molar-refractivity contribution in [2.45, 2.75) is 38.5 Å². The van der Waals surface area contributed by atoms with Crippen LogP contribution in [-0.2, 0) is 11.0 Å². The molecule has 2 unspecified atom stereocenters. The zero-order valence-electron chi connectivity index (χ0n) is 16.9. The second kappa shape index (κ2) is 10.9. The summed E-state index contributed by atoms with van der Waals surface area (Å²) in [5.41, 5.74) is 0.180. The monoisotopic (exact) mass is 425 g/mol. The van der Waals surface area contributed by atoms with Crippen molar-refractivity contribution in [2.75, 3.05) is 19.8 Å². The maximum Gasteiger partial charge on any atom is 0.416 e. The Morgan fingerprint density at radius 2 is 1.87 bits per heavy atom. The van der Waals surface area contributed by atoms with Crippen molar-refractivity contribution >= 4 is 5.91 Å². The smallest absolute Gasteiger partial charge is 0.416 e. The SMILES string of the molecule is CCC(C)c1ccccc1OCC(=O)NCC(O)COc1cccc(C(F)(F)F)c1. The lowest BCUT2D eigenvalue weighted by molar-refractivity contribution is -0.137. The van der Waals surface area contributed by atoms with Crippen LogP contribution in [0.3, 0.4) is 0 Å². The minimum atomic E-state index is -4.47. The van der Waals surface area contributed by atoms with E-state index in [1.54, 1.807) is 6.07 Å². The van der Waals surface area contributed by atoms with E-state index in [1.807, 2.05) is 18.2 Å². The lowest BCUT2D eigenvalue weighted by Crippen LogP contribution is -2.37. The third-order valence-corrected chi connectivity index (χ3v) is 4.56. The number of hydrogen-bond acceptors (Lipinski definition) is 4. The van der Waals surface area contributed by atoms with Crippen molar-refractivity contribution in [3.8, 4) is 11.5 Å². The Morgan fingerprint density at radius 3 is 2.57 bits per heavy atom. The van der Waals surface area contributed by atoms with E-state index in [0.29, 0.717) is 11.7 Å². The van der Waals surface area contributed by atoms with E-state index in [2.05, 4.69) is 19.2 Å². The number of halogens is 3. The molecule has 0 bridgehead atoms. The van der Waals surface area contributed by atoms with Crippen LogP contribution in [-0.4, -0.2) is 36.9 Å². The summed E-state index contributed by atoms with van der Waals surface area (Å²) < 4.78 is 48.9. The Kier molecular flexibility index (Phi) is 8.53. The van der Waals surface area contributed by atoms with Crippen molar-refractivity contribution in [2.24, 2.45) is 0 Å². The van der Waals surface area contributed by atoms with E-state index in [-0.39, 0.29) is 25.5 Å². The molecule has 2 aromatic rings. The Labute approximate surface area is 173 Å². The predicted octanol–water partition coefficient (Wildman–Crippen LogP) is 4.15. The van der Waals surface area contributed by atoms with Crippen molar-refractivity contribution in [3.05, 3.63) is 59.7 Å². The lowest BCUT2D eigenvalue weighted by atomic mass is 9.98.